The first-order chi connectivity index (χ1) is 5.36. The molecular formula is C9H18NP. The predicted molar refractivity (Wildman–Crippen MR) is 53.7 cm³/mol. The van der Waals surface area contributed by atoms with E-state index in [1.54, 1.807) is 0 Å². The maximum absolute atomic E-state index is 3.83. The van der Waals surface area contributed by atoms with E-state index in [9.17, 15) is 0 Å². The Kier molecular flexibility index (Phi) is 4.11. The topological polar surface area (TPSA) is 3.24 Å². The molecule has 0 aromatic heterocycles. The lowest BCUT2D eigenvalue weighted by Crippen LogP contribution is -2.22. The molecule has 0 saturated carbocycles. The quantitative estimate of drug-likeness (QED) is 0.585. The smallest absolute Gasteiger partial charge is 0.00572 e. The highest BCUT2D eigenvalue weighted by Crippen LogP contribution is 2.18. The van der Waals surface area contributed by atoms with Crippen molar-refractivity contribution in [2.75, 3.05) is 25.8 Å². The van der Waals surface area contributed by atoms with E-state index >= 15 is 0 Å². The molecule has 1 unspecified atom stereocenters. The summed E-state index contributed by atoms with van der Waals surface area (Å²) in [6, 6.07) is 0. The van der Waals surface area contributed by atoms with Gasteiger partial charge in [0.15, 0.2) is 0 Å². The molecule has 1 fully saturated rings. The lowest BCUT2D eigenvalue weighted by molar-refractivity contribution is 0.343. The minimum Gasteiger partial charge on any atom is -0.302 e. The Labute approximate surface area is 71.6 Å². The molecule has 0 N–H and O–H groups in total. The lowest BCUT2D eigenvalue weighted by atomic mass is 10.1. The third-order valence-corrected chi connectivity index (χ3v) is 3.04. The fourth-order valence-corrected chi connectivity index (χ4v) is 2.09. The van der Waals surface area contributed by atoms with Crippen LogP contribution in [0.5, 0.6) is 0 Å². The van der Waals surface area contributed by atoms with Gasteiger partial charge >= 0.3 is 0 Å². The SMILES string of the molecule is C=PCCN1CCC(CC)C1. The van der Waals surface area contributed by atoms with Crippen LogP contribution < -0.4 is 0 Å². The number of nitrogens with zero attached hydrogens (tertiary/aromatic N) is 1. The zero-order valence-electron chi connectivity index (χ0n) is 7.42. The number of hydrogen-bond acceptors (Lipinski definition) is 1. The van der Waals surface area contributed by atoms with Crippen molar-refractivity contribution in [3.63, 3.8) is 0 Å². The van der Waals surface area contributed by atoms with Gasteiger partial charge in [0.25, 0.3) is 0 Å². The third-order valence-electron chi connectivity index (χ3n) is 2.52. The van der Waals surface area contributed by atoms with Crippen LogP contribution in [-0.2, 0) is 0 Å². The van der Waals surface area contributed by atoms with E-state index in [0.717, 1.165) is 5.92 Å². The van der Waals surface area contributed by atoms with Crippen molar-refractivity contribution in [3.05, 3.63) is 0 Å². The Bertz CT molecular complexity index is 125. The van der Waals surface area contributed by atoms with Crippen LogP contribution in [0.15, 0.2) is 0 Å². The number of likely N-dealkylation sites (tertiary alicyclic amines) is 1. The largest absolute Gasteiger partial charge is 0.302 e. The van der Waals surface area contributed by atoms with E-state index in [2.05, 4.69) is 18.1 Å². The molecule has 0 aliphatic carbocycles. The minimum absolute atomic E-state index is 0.983. The summed E-state index contributed by atoms with van der Waals surface area (Å²) in [5.41, 5.74) is 0. The van der Waals surface area contributed by atoms with Crippen LogP contribution >= 0.6 is 8.20 Å². The van der Waals surface area contributed by atoms with Crippen molar-refractivity contribution in [2.24, 2.45) is 5.92 Å². The van der Waals surface area contributed by atoms with Crippen LogP contribution in [0.1, 0.15) is 19.8 Å². The summed E-state index contributed by atoms with van der Waals surface area (Å²) in [6.07, 6.45) is 7.86. The van der Waals surface area contributed by atoms with Gasteiger partial charge in [-0.3, -0.25) is 0 Å². The van der Waals surface area contributed by atoms with E-state index < -0.39 is 0 Å². The fourth-order valence-electron chi connectivity index (χ4n) is 1.66. The Hall–Kier alpha value is 0.130. The van der Waals surface area contributed by atoms with Crippen molar-refractivity contribution in [1.29, 1.82) is 0 Å². The summed E-state index contributed by atoms with van der Waals surface area (Å²) in [5.74, 6) is 0.983. The minimum atomic E-state index is 0.983. The monoisotopic (exact) mass is 171 g/mol. The molecule has 1 saturated heterocycles. The van der Waals surface area contributed by atoms with Gasteiger partial charge in [0.05, 0.1) is 0 Å². The second kappa shape index (κ2) is 4.90. The average molecular weight is 171 g/mol. The van der Waals surface area contributed by atoms with Gasteiger partial charge in [-0.05, 0) is 18.9 Å². The maximum Gasteiger partial charge on any atom is 0.00572 e. The van der Waals surface area contributed by atoms with Crippen LogP contribution in [0.25, 0.3) is 0 Å². The Balaban J connectivity index is 2.13. The zero-order valence-corrected chi connectivity index (χ0v) is 8.32. The predicted octanol–water partition coefficient (Wildman–Crippen LogP) is 2.10. The molecule has 1 atom stereocenters. The van der Waals surface area contributed by atoms with Crippen LogP contribution in [-0.4, -0.2) is 37.0 Å². The van der Waals surface area contributed by atoms with E-state index in [-0.39, 0.29) is 0 Å². The van der Waals surface area contributed by atoms with Gasteiger partial charge in [-0.1, -0.05) is 19.6 Å². The van der Waals surface area contributed by atoms with Crippen molar-refractivity contribution in [2.45, 2.75) is 19.8 Å². The van der Waals surface area contributed by atoms with Gasteiger partial charge in [0.1, 0.15) is 0 Å². The van der Waals surface area contributed by atoms with Crippen molar-refractivity contribution < 1.29 is 0 Å². The van der Waals surface area contributed by atoms with Crippen LogP contribution in [0.3, 0.4) is 0 Å². The number of hydrogen-bond donors (Lipinski definition) is 0. The Morgan fingerprint density at radius 3 is 3.00 bits per heavy atom. The molecule has 1 aliphatic heterocycles. The summed E-state index contributed by atoms with van der Waals surface area (Å²) in [6.45, 7) is 6.23. The van der Waals surface area contributed by atoms with E-state index in [0.29, 0.717) is 0 Å². The summed E-state index contributed by atoms with van der Waals surface area (Å²) < 4.78 is 0. The molecule has 2 heteroatoms. The molecule has 1 heterocycles. The van der Waals surface area contributed by atoms with Crippen LogP contribution in [0.4, 0.5) is 0 Å². The highest BCUT2D eigenvalue weighted by molar-refractivity contribution is 7.36. The summed E-state index contributed by atoms with van der Waals surface area (Å²) >= 11 is 0. The first-order valence-electron chi connectivity index (χ1n) is 4.51. The third kappa shape index (κ3) is 2.92. The van der Waals surface area contributed by atoms with Crippen LogP contribution in [0.2, 0.25) is 0 Å². The molecule has 1 nitrogen and oxygen atoms in total. The van der Waals surface area contributed by atoms with Gasteiger partial charge < -0.3 is 4.90 Å². The van der Waals surface area contributed by atoms with Gasteiger partial charge in [0, 0.05) is 19.3 Å². The van der Waals surface area contributed by atoms with E-state index in [1.807, 2.05) is 0 Å². The van der Waals surface area contributed by atoms with E-state index in [1.165, 1.54) is 46.8 Å². The van der Waals surface area contributed by atoms with Crippen molar-refractivity contribution in [3.8, 4) is 0 Å². The highest BCUT2D eigenvalue weighted by atomic mass is 31.1. The normalized spacial score (nSPS) is 26.5. The first kappa shape index (κ1) is 9.22. The van der Waals surface area contributed by atoms with Crippen molar-refractivity contribution >= 4 is 14.5 Å². The molecule has 64 valence electrons. The fraction of sp³-hybridized carbons (Fsp3) is 0.889. The van der Waals surface area contributed by atoms with Gasteiger partial charge in [0.2, 0.25) is 0 Å². The molecule has 0 aromatic rings. The zero-order chi connectivity index (χ0) is 8.10. The Morgan fingerprint density at radius 1 is 1.64 bits per heavy atom. The average Bonchev–Trinajstić information content (AvgIpc) is 2.48. The van der Waals surface area contributed by atoms with Gasteiger partial charge in [-0.15, -0.1) is 8.20 Å². The maximum atomic E-state index is 3.83. The first-order valence-corrected chi connectivity index (χ1v) is 5.78. The molecule has 0 bridgehead atoms. The summed E-state index contributed by atoms with van der Waals surface area (Å²) in [7, 11) is 1.30. The van der Waals surface area contributed by atoms with Gasteiger partial charge in [-0.2, -0.15) is 0 Å². The number of rotatable bonds is 4. The molecule has 0 radical (unpaired) electrons. The molecule has 0 aromatic carbocycles. The lowest BCUT2D eigenvalue weighted by Gasteiger charge is -2.13. The molecule has 1 rings (SSSR count). The van der Waals surface area contributed by atoms with Gasteiger partial charge in [-0.25, -0.2) is 0 Å². The second-order valence-electron chi connectivity index (χ2n) is 3.31. The van der Waals surface area contributed by atoms with E-state index in [4.69, 9.17) is 0 Å². The molecule has 0 amide bonds. The second-order valence-corrected chi connectivity index (χ2v) is 4.21. The van der Waals surface area contributed by atoms with Crippen LogP contribution in [0, 0.1) is 5.92 Å². The Morgan fingerprint density at radius 2 is 2.45 bits per heavy atom. The molecule has 11 heavy (non-hydrogen) atoms. The molecular weight excluding hydrogens is 153 g/mol. The summed E-state index contributed by atoms with van der Waals surface area (Å²) in [5, 5.41) is 0. The highest BCUT2D eigenvalue weighted by Gasteiger charge is 2.19. The molecule has 0 spiro atoms. The summed E-state index contributed by atoms with van der Waals surface area (Å²) in [4.78, 5) is 2.58. The standard InChI is InChI=1S/C9H18NP/c1-3-9-4-5-10(8-9)6-7-11-2/h9H,2-8H2,1H3. The van der Waals surface area contributed by atoms with Crippen molar-refractivity contribution in [1.82, 2.24) is 4.90 Å². The molecule has 1 aliphatic rings.